The molecule has 1 amide bonds. The van der Waals surface area contributed by atoms with Gasteiger partial charge in [-0.05, 0) is 43.4 Å². The molecule has 23 heavy (non-hydrogen) atoms. The summed E-state index contributed by atoms with van der Waals surface area (Å²) in [6.07, 6.45) is 0.757. The Bertz CT molecular complexity index is 630. The number of aliphatic imine (C=N–C) groups is 1. The van der Waals surface area contributed by atoms with Crippen LogP contribution in [0.25, 0.3) is 0 Å². The lowest BCUT2D eigenvalue weighted by Crippen LogP contribution is -2.24. The molecule has 0 atom stereocenters. The molecule has 0 unspecified atom stereocenters. The molecule has 0 aliphatic heterocycles. The van der Waals surface area contributed by atoms with E-state index in [1.165, 1.54) is 6.07 Å². The molecule has 0 fully saturated rings. The first-order valence-corrected chi connectivity index (χ1v) is 7.16. The van der Waals surface area contributed by atoms with E-state index in [0.29, 0.717) is 12.0 Å². The maximum Gasteiger partial charge on any atom is 0.416 e. The van der Waals surface area contributed by atoms with Crippen molar-refractivity contribution in [3.63, 3.8) is 0 Å². The van der Waals surface area contributed by atoms with E-state index in [1.54, 1.807) is 6.92 Å². The predicted molar refractivity (Wildman–Crippen MR) is 84.1 cm³/mol. The second-order valence-electron chi connectivity index (χ2n) is 5.08. The largest absolute Gasteiger partial charge is 0.416 e. The average Bonchev–Trinajstić information content (AvgIpc) is 2.41. The molecule has 1 rings (SSSR count). The number of nitrogens with two attached hydrogens (primary N) is 2. The third-order valence-corrected chi connectivity index (χ3v) is 3.20. The highest BCUT2D eigenvalue weighted by Crippen LogP contribution is 2.34. The third-order valence-electron chi connectivity index (χ3n) is 3.20. The van der Waals surface area contributed by atoms with E-state index in [9.17, 15) is 18.0 Å². The fourth-order valence-electron chi connectivity index (χ4n) is 2.17. The molecule has 0 aliphatic carbocycles. The highest BCUT2D eigenvalue weighted by Gasteiger charge is 2.34. The minimum atomic E-state index is -4.55. The third kappa shape index (κ3) is 5.43. The SMILES string of the molecule is CC/C=C/CCc1cc(C)c(C(=O)N=C(N)N)cc1C(F)(F)F. The van der Waals surface area contributed by atoms with Crippen molar-refractivity contribution in [2.75, 3.05) is 0 Å². The van der Waals surface area contributed by atoms with Crippen molar-refractivity contribution in [3.8, 4) is 0 Å². The molecule has 0 aliphatic rings. The maximum atomic E-state index is 13.2. The van der Waals surface area contributed by atoms with Crippen molar-refractivity contribution in [3.05, 3.63) is 46.5 Å². The number of rotatable bonds is 5. The van der Waals surface area contributed by atoms with Crippen LogP contribution in [0.4, 0.5) is 13.2 Å². The molecule has 0 heterocycles. The van der Waals surface area contributed by atoms with E-state index in [4.69, 9.17) is 11.5 Å². The molecule has 0 radical (unpaired) electrons. The summed E-state index contributed by atoms with van der Waals surface area (Å²) < 4.78 is 39.7. The van der Waals surface area contributed by atoms with Gasteiger partial charge in [-0.2, -0.15) is 18.2 Å². The molecule has 0 spiro atoms. The molecule has 126 valence electrons. The number of halogens is 3. The molecule has 4 N–H and O–H groups in total. The molecule has 0 bridgehead atoms. The van der Waals surface area contributed by atoms with Gasteiger partial charge < -0.3 is 11.5 Å². The fourth-order valence-corrected chi connectivity index (χ4v) is 2.17. The Morgan fingerprint density at radius 1 is 1.26 bits per heavy atom. The number of benzene rings is 1. The van der Waals surface area contributed by atoms with Crippen molar-refractivity contribution >= 4 is 11.9 Å². The minimum Gasteiger partial charge on any atom is -0.370 e. The van der Waals surface area contributed by atoms with E-state index >= 15 is 0 Å². The van der Waals surface area contributed by atoms with E-state index in [0.717, 1.165) is 12.5 Å². The molecule has 1 aromatic carbocycles. The number of carbonyl (C=O) groups is 1. The normalized spacial score (nSPS) is 11.7. The second kappa shape index (κ2) is 7.80. The number of hydrogen-bond donors (Lipinski definition) is 2. The lowest BCUT2D eigenvalue weighted by molar-refractivity contribution is -0.138. The number of aryl methyl sites for hydroxylation is 2. The van der Waals surface area contributed by atoms with Crippen molar-refractivity contribution in [2.24, 2.45) is 16.5 Å². The number of carbonyl (C=O) groups excluding carboxylic acids is 1. The van der Waals surface area contributed by atoms with Gasteiger partial charge in [-0.15, -0.1) is 0 Å². The molecule has 4 nitrogen and oxygen atoms in total. The Labute approximate surface area is 133 Å². The summed E-state index contributed by atoms with van der Waals surface area (Å²) in [5.41, 5.74) is 9.78. The van der Waals surface area contributed by atoms with Crippen LogP contribution >= 0.6 is 0 Å². The maximum absolute atomic E-state index is 13.2. The van der Waals surface area contributed by atoms with Gasteiger partial charge in [0.25, 0.3) is 5.91 Å². The van der Waals surface area contributed by atoms with E-state index in [-0.39, 0.29) is 17.5 Å². The van der Waals surface area contributed by atoms with E-state index < -0.39 is 23.6 Å². The first-order valence-electron chi connectivity index (χ1n) is 7.16. The van der Waals surface area contributed by atoms with Gasteiger partial charge in [0.1, 0.15) is 0 Å². The van der Waals surface area contributed by atoms with Crippen LogP contribution in [0.15, 0.2) is 29.3 Å². The van der Waals surface area contributed by atoms with Crippen LogP contribution < -0.4 is 11.5 Å². The van der Waals surface area contributed by atoms with Gasteiger partial charge in [0, 0.05) is 5.56 Å². The number of alkyl halides is 3. The van der Waals surface area contributed by atoms with E-state index in [1.807, 2.05) is 19.1 Å². The summed E-state index contributed by atoms with van der Waals surface area (Å²) in [6, 6.07) is 2.20. The first-order chi connectivity index (χ1) is 10.7. The lowest BCUT2D eigenvalue weighted by Gasteiger charge is -2.15. The zero-order chi connectivity index (χ0) is 17.6. The lowest BCUT2D eigenvalue weighted by atomic mass is 9.95. The number of hydrogen-bond acceptors (Lipinski definition) is 1. The molecule has 0 saturated carbocycles. The summed E-state index contributed by atoms with van der Waals surface area (Å²) in [4.78, 5) is 15.1. The summed E-state index contributed by atoms with van der Waals surface area (Å²) in [6.45, 7) is 3.51. The fraction of sp³-hybridized carbons (Fsp3) is 0.375. The molecule has 7 heteroatoms. The Morgan fingerprint density at radius 2 is 1.91 bits per heavy atom. The predicted octanol–water partition coefficient (Wildman–Crippen LogP) is 3.33. The van der Waals surface area contributed by atoms with Crippen LogP contribution in [-0.4, -0.2) is 11.9 Å². The summed E-state index contributed by atoms with van der Waals surface area (Å²) in [5, 5.41) is 0. The van der Waals surface area contributed by atoms with Gasteiger partial charge in [-0.3, -0.25) is 4.79 Å². The summed E-state index contributed by atoms with van der Waals surface area (Å²) in [5.74, 6) is -1.37. The quantitative estimate of drug-likeness (QED) is 0.494. The molecule has 0 aromatic heterocycles. The molecular weight excluding hydrogens is 307 g/mol. The van der Waals surface area contributed by atoms with Crippen molar-refractivity contribution < 1.29 is 18.0 Å². The van der Waals surface area contributed by atoms with Crippen molar-refractivity contribution in [2.45, 2.75) is 39.3 Å². The Morgan fingerprint density at radius 3 is 2.43 bits per heavy atom. The minimum absolute atomic E-state index is 0.150. The Hall–Kier alpha value is -2.31. The Kier molecular flexibility index (Phi) is 6.36. The zero-order valence-corrected chi connectivity index (χ0v) is 13.1. The molecular formula is C16H20F3N3O. The standard InChI is InChI=1S/C16H20F3N3O/c1-3-4-5-6-7-11-8-10(2)12(14(23)22-15(20)21)9-13(11)16(17,18)19/h4-5,8-9H,3,6-7H2,1-2H3,(H4,20,21,22,23)/b5-4+. The molecule has 1 aromatic rings. The van der Waals surface area contributed by atoms with Gasteiger partial charge in [0.15, 0.2) is 5.96 Å². The number of guanidine groups is 1. The van der Waals surface area contributed by atoms with Crippen LogP contribution in [0, 0.1) is 6.92 Å². The van der Waals surface area contributed by atoms with Crippen LogP contribution in [0.3, 0.4) is 0 Å². The van der Waals surface area contributed by atoms with Gasteiger partial charge in [-0.1, -0.05) is 25.1 Å². The smallest absolute Gasteiger partial charge is 0.370 e. The van der Waals surface area contributed by atoms with Crippen LogP contribution in [0.5, 0.6) is 0 Å². The second-order valence-corrected chi connectivity index (χ2v) is 5.08. The van der Waals surface area contributed by atoms with E-state index in [2.05, 4.69) is 4.99 Å². The van der Waals surface area contributed by atoms with Crippen LogP contribution in [0.1, 0.15) is 46.8 Å². The average molecular weight is 327 g/mol. The van der Waals surface area contributed by atoms with Gasteiger partial charge in [0.05, 0.1) is 5.56 Å². The number of allylic oxidation sites excluding steroid dienone is 2. The van der Waals surface area contributed by atoms with Crippen LogP contribution in [0.2, 0.25) is 0 Å². The van der Waals surface area contributed by atoms with Crippen LogP contribution in [-0.2, 0) is 12.6 Å². The van der Waals surface area contributed by atoms with Crippen molar-refractivity contribution in [1.82, 2.24) is 0 Å². The van der Waals surface area contributed by atoms with Crippen molar-refractivity contribution in [1.29, 1.82) is 0 Å². The monoisotopic (exact) mass is 327 g/mol. The number of nitrogens with zero attached hydrogens (tertiary/aromatic N) is 1. The highest BCUT2D eigenvalue weighted by atomic mass is 19.4. The van der Waals surface area contributed by atoms with Gasteiger partial charge in [-0.25, -0.2) is 0 Å². The highest BCUT2D eigenvalue weighted by molar-refractivity contribution is 6.03. The Balaban J connectivity index is 3.27. The summed E-state index contributed by atoms with van der Waals surface area (Å²) >= 11 is 0. The number of amides is 1. The topological polar surface area (TPSA) is 81.5 Å². The van der Waals surface area contributed by atoms with Gasteiger partial charge in [0.2, 0.25) is 0 Å². The van der Waals surface area contributed by atoms with Gasteiger partial charge >= 0.3 is 6.18 Å². The first kappa shape index (κ1) is 18.7. The summed E-state index contributed by atoms with van der Waals surface area (Å²) in [7, 11) is 0. The molecule has 0 saturated heterocycles. The zero-order valence-electron chi connectivity index (χ0n) is 13.1.